The summed E-state index contributed by atoms with van der Waals surface area (Å²) in [5.41, 5.74) is 1.00. The van der Waals surface area contributed by atoms with Gasteiger partial charge in [-0.3, -0.25) is 0 Å². The molecule has 2 nitrogen and oxygen atoms in total. The van der Waals surface area contributed by atoms with Crippen molar-refractivity contribution in [3.8, 4) is 6.07 Å². The number of furan rings is 1. The lowest BCUT2D eigenvalue weighted by Gasteiger charge is -1.96. The third-order valence-electron chi connectivity index (χ3n) is 1.95. The van der Waals surface area contributed by atoms with Crippen molar-refractivity contribution in [2.75, 3.05) is 0 Å². The Morgan fingerprint density at radius 2 is 2.21 bits per heavy atom. The van der Waals surface area contributed by atoms with Crippen LogP contribution < -0.4 is 0 Å². The van der Waals surface area contributed by atoms with E-state index in [1.807, 2.05) is 6.07 Å². The number of hydrogen-bond donors (Lipinski definition) is 0. The third kappa shape index (κ3) is 1.27. The molecule has 0 unspecified atom stereocenters. The largest absolute Gasteiger partial charge is 0.464 e. The summed E-state index contributed by atoms with van der Waals surface area (Å²) in [5, 5.41) is 9.04. The summed E-state index contributed by atoms with van der Waals surface area (Å²) in [6.07, 6.45) is 4.17. The number of halogens is 1. The van der Waals surface area contributed by atoms with Crippen LogP contribution in [0.15, 0.2) is 35.0 Å². The molecule has 3 heteroatoms. The molecule has 14 heavy (non-hydrogen) atoms. The Morgan fingerprint density at radius 3 is 3.00 bits per heavy atom. The molecule has 0 aliphatic heterocycles. The number of benzene rings is 1. The number of nitrogens with zero attached hydrogens (tertiary/aromatic N) is 1. The lowest BCUT2D eigenvalue weighted by molar-refractivity contribution is 0.609. The number of nitriles is 1. The average Bonchev–Trinajstić information content (AvgIpc) is 2.64. The molecule has 0 saturated carbocycles. The molecule has 0 saturated heterocycles. The zero-order chi connectivity index (χ0) is 9.97. The molecule has 0 spiro atoms. The molecule has 0 radical (unpaired) electrons. The van der Waals surface area contributed by atoms with E-state index in [-0.39, 0.29) is 5.82 Å². The molecule has 68 valence electrons. The van der Waals surface area contributed by atoms with Crippen molar-refractivity contribution in [3.63, 3.8) is 0 Å². The average molecular weight is 187 g/mol. The van der Waals surface area contributed by atoms with Gasteiger partial charge in [0.15, 0.2) is 0 Å². The van der Waals surface area contributed by atoms with Gasteiger partial charge in [-0.05, 0) is 24.3 Å². The molecule has 0 bridgehead atoms. The molecule has 1 aromatic carbocycles. The van der Waals surface area contributed by atoms with Crippen LogP contribution in [0.25, 0.3) is 17.0 Å². The zero-order valence-electron chi connectivity index (χ0n) is 7.20. The number of allylic oxidation sites excluding steroid dienone is 1. The Labute approximate surface area is 79.9 Å². The molecule has 2 aromatic rings. The predicted molar refractivity (Wildman–Crippen MR) is 50.8 cm³/mol. The second kappa shape index (κ2) is 3.35. The van der Waals surface area contributed by atoms with Gasteiger partial charge in [0.25, 0.3) is 0 Å². The van der Waals surface area contributed by atoms with E-state index >= 15 is 0 Å². The van der Waals surface area contributed by atoms with Crippen molar-refractivity contribution in [3.05, 3.63) is 41.9 Å². The number of fused-ring (bicyclic) bond motifs is 1. The first-order chi connectivity index (χ1) is 6.83. The van der Waals surface area contributed by atoms with Gasteiger partial charge in [-0.2, -0.15) is 5.26 Å². The second-order valence-electron chi connectivity index (χ2n) is 2.76. The summed E-state index contributed by atoms with van der Waals surface area (Å²) in [6.45, 7) is 0. The van der Waals surface area contributed by atoms with Gasteiger partial charge >= 0.3 is 0 Å². The van der Waals surface area contributed by atoms with Crippen molar-refractivity contribution < 1.29 is 8.81 Å². The SMILES string of the molecule is N#C/C=C/c1c(F)ccc2occc12. The van der Waals surface area contributed by atoms with Gasteiger partial charge in [-0.15, -0.1) is 0 Å². The minimum Gasteiger partial charge on any atom is -0.464 e. The standard InChI is InChI=1S/C11H6FNO/c12-10-3-4-11-9(5-7-14-11)8(10)2-1-6-13/h1-5,7H/b2-1+. The van der Waals surface area contributed by atoms with Crippen LogP contribution in [0.4, 0.5) is 4.39 Å². The van der Waals surface area contributed by atoms with Crippen molar-refractivity contribution in [2.24, 2.45) is 0 Å². The molecule has 1 heterocycles. The molecule has 0 aliphatic rings. The molecule has 2 rings (SSSR count). The molecular formula is C11H6FNO. The molecule has 0 amide bonds. The maximum Gasteiger partial charge on any atom is 0.134 e. The first kappa shape index (κ1) is 8.52. The molecule has 0 aliphatic carbocycles. The van der Waals surface area contributed by atoms with Crippen LogP contribution in [0.2, 0.25) is 0 Å². The highest BCUT2D eigenvalue weighted by molar-refractivity contribution is 5.87. The van der Waals surface area contributed by atoms with Crippen molar-refractivity contribution in [1.29, 1.82) is 5.26 Å². The fourth-order valence-electron chi connectivity index (χ4n) is 1.33. The van der Waals surface area contributed by atoms with E-state index in [2.05, 4.69) is 0 Å². The van der Waals surface area contributed by atoms with E-state index in [9.17, 15) is 4.39 Å². The highest BCUT2D eigenvalue weighted by atomic mass is 19.1. The molecular weight excluding hydrogens is 181 g/mol. The Bertz CT molecular complexity index is 534. The smallest absolute Gasteiger partial charge is 0.134 e. The Morgan fingerprint density at radius 1 is 1.36 bits per heavy atom. The second-order valence-corrected chi connectivity index (χ2v) is 2.76. The molecule has 1 aromatic heterocycles. The van der Waals surface area contributed by atoms with E-state index in [1.54, 1.807) is 12.1 Å². The first-order valence-corrected chi connectivity index (χ1v) is 4.05. The maximum absolute atomic E-state index is 13.3. The minimum atomic E-state index is -0.356. The molecule has 0 fully saturated rings. The lowest BCUT2D eigenvalue weighted by atomic mass is 10.1. The van der Waals surface area contributed by atoms with Crippen LogP contribution in [-0.2, 0) is 0 Å². The van der Waals surface area contributed by atoms with Gasteiger partial charge in [0.05, 0.1) is 12.3 Å². The summed E-state index contributed by atoms with van der Waals surface area (Å²) < 4.78 is 18.4. The van der Waals surface area contributed by atoms with E-state index in [4.69, 9.17) is 9.68 Å². The van der Waals surface area contributed by atoms with Crippen LogP contribution in [0.1, 0.15) is 5.56 Å². The summed E-state index contributed by atoms with van der Waals surface area (Å²) in [5.74, 6) is -0.356. The Kier molecular flexibility index (Phi) is 2.04. The monoisotopic (exact) mass is 187 g/mol. The van der Waals surface area contributed by atoms with Crippen LogP contribution in [-0.4, -0.2) is 0 Å². The Balaban J connectivity index is 2.71. The number of hydrogen-bond acceptors (Lipinski definition) is 2. The van der Waals surface area contributed by atoms with Crippen LogP contribution in [0.3, 0.4) is 0 Å². The van der Waals surface area contributed by atoms with Gasteiger partial charge in [0.1, 0.15) is 11.4 Å². The first-order valence-electron chi connectivity index (χ1n) is 4.05. The van der Waals surface area contributed by atoms with Crippen molar-refractivity contribution in [2.45, 2.75) is 0 Å². The van der Waals surface area contributed by atoms with E-state index in [0.29, 0.717) is 16.5 Å². The topological polar surface area (TPSA) is 36.9 Å². The predicted octanol–water partition coefficient (Wildman–Crippen LogP) is 3.11. The summed E-state index contributed by atoms with van der Waals surface area (Å²) in [7, 11) is 0. The lowest BCUT2D eigenvalue weighted by Crippen LogP contribution is -1.81. The summed E-state index contributed by atoms with van der Waals surface area (Å²) in [6, 6.07) is 6.38. The third-order valence-corrected chi connectivity index (χ3v) is 1.95. The maximum atomic E-state index is 13.3. The van der Waals surface area contributed by atoms with Crippen LogP contribution >= 0.6 is 0 Å². The van der Waals surface area contributed by atoms with Crippen molar-refractivity contribution >= 4 is 17.0 Å². The quantitative estimate of drug-likeness (QED) is 0.643. The summed E-state index contributed by atoms with van der Waals surface area (Å²) in [4.78, 5) is 0. The normalized spacial score (nSPS) is 10.9. The molecule has 0 N–H and O–H groups in total. The van der Waals surface area contributed by atoms with Gasteiger partial charge in [-0.1, -0.05) is 0 Å². The fourth-order valence-corrected chi connectivity index (χ4v) is 1.33. The molecule has 0 atom stereocenters. The van der Waals surface area contributed by atoms with Gasteiger partial charge in [-0.25, -0.2) is 4.39 Å². The highest BCUT2D eigenvalue weighted by Gasteiger charge is 2.06. The minimum absolute atomic E-state index is 0.356. The van der Waals surface area contributed by atoms with Gasteiger partial charge < -0.3 is 4.42 Å². The van der Waals surface area contributed by atoms with E-state index in [0.717, 1.165) is 0 Å². The van der Waals surface area contributed by atoms with Gasteiger partial charge in [0.2, 0.25) is 0 Å². The van der Waals surface area contributed by atoms with E-state index < -0.39 is 0 Å². The van der Waals surface area contributed by atoms with Gasteiger partial charge in [0, 0.05) is 17.0 Å². The Hall–Kier alpha value is -2.08. The zero-order valence-corrected chi connectivity index (χ0v) is 7.20. The summed E-state index contributed by atoms with van der Waals surface area (Å²) >= 11 is 0. The van der Waals surface area contributed by atoms with Crippen LogP contribution in [0, 0.1) is 17.1 Å². The van der Waals surface area contributed by atoms with Crippen LogP contribution in [0.5, 0.6) is 0 Å². The number of rotatable bonds is 1. The van der Waals surface area contributed by atoms with E-state index in [1.165, 1.54) is 24.5 Å². The fraction of sp³-hybridized carbons (Fsp3) is 0. The highest BCUT2D eigenvalue weighted by Crippen LogP contribution is 2.23. The van der Waals surface area contributed by atoms with Crippen molar-refractivity contribution in [1.82, 2.24) is 0 Å².